The smallest absolute Gasteiger partial charge is 0.377 e. The van der Waals surface area contributed by atoms with Crippen LogP contribution >= 0.6 is 0 Å². The lowest BCUT2D eigenvalue weighted by Gasteiger charge is -2.25. The molecule has 6 heteroatoms. The van der Waals surface area contributed by atoms with E-state index < -0.39 is 11.7 Å². The van der Waals surface area contributed by atoms with Crippen LogP contribution in [0.2, 0.25) is 0 Å². The van der Waals surface area contributed by atoms with E-state index in [0.717, 1.165) is 18.6 Å². The first-order valence-corrected chi connectivity index (χ1v) is 6.39. The second kappa shape index (κ2) is 5.71. The SMILES string of the molecule is CC1CN(c2ccc(C(F)(F)F)cc2C#N)CCCO1. The molecule has 1 fully saturated rings. The van der Waals surface area contributed by atoms with Gasteiger partial charge in [0.1, 0.15) is 6.07 Å². The van der Waals surface area contributed by atoms with Crippen LogP contribution in [-0.2, 0) is 10.9 Å². The van der Waals surface area contributed by atoms with Crippen molar-refractivity contribution in [1.82, 2.24) is 0 Å². The molecule has 1 heterocycles. The van der Waals surface area contributed by atoms with Crippen molar-refractivity contribution in [2.45, 2.75) is 25.6 Å². The first kappa shape index (κ1) is 14.7. The molecule has 1 aliphatic heterocycles. The van der Waals surface area contributed by atoms with Gasteiger partial charge in [-0.15, -0.1) is 0 Å². The maximum Gasteiger partial charge on any atom is 0.416 e. The first-order valence-electron chi connectivity index (χ1n) is 6.39. The standard InChI is InChI=1S/C14H15F3N2O/c1-10-9-19(5-2-6-20-10)13-4-3-12(14(15,16)17)7-11(13)8-18/h3-4,7,10H,2,5-6,9H2,1H3. The van der Waals surface area contributed by atoms with Gasteiger partial charge in [-0.05, 0) is 31.5 Å². The Balaban J connectivity index is 2.34. The first-order chi connectivity index (χ1) is 9.41. The molecule has 108 valence electrons. The minimum atomic E-state index is -4.43. The van der Waals surface area contributed by atoms with E-state index in [-0.39, 0.29) is 11.7 Å². The summed E-state index contributed by atoms with van der Waals surface area (Å²) < 4.78 is 43.5. The Kier molecular flexibility index (Phi) is 4.19. The summed E-state index contributed by atoms with van der Waals surface area (Å²) in [6, 6.07) is 5.16. The molecule has 3 nitrogen and oxygen atoms in total. The fourth-order valence-corrected chi connectivity index (χ4v) is 2.29. The van der Waals surface area contributed by atoms with Gasteiger partial charge in [-0.3, -0.25) is 0 Å². The van der Waals surface area contributed by atoms with Crippen LogP contribution in [0.5, 0.6) is 0 Å². The number of halogens is 3. The van der Waals surface area contributed by atoms with Crippen molar-refractivity contribution in [2.24, 2.45) is 0 Å². The van der Waals surface area contributed by atoms with Crippen molar-refractivity contribution in [1.29, 1.82) is 5.26 Å². The molecule has 1 aromatic carbocycles. The number of nitrogens with zero attached hydrogens (tertiary/aromatic N) is 2. The highest BCUT2D eigenvalue weighted by molar-refractivity contribution is 5.61. The molecule has 0 saturated carbocycles. The second-order valence-corrected chi connectivity index (χ2v) is 4.82. The normalized spacial score (nSPS) is 20.4. The molecule has 1 saturated heterocycles. The Bertz CT molecular complexity index is 522. The van der Waals surface area contributed by atoms with E-state index in [1.807, 2.05) is 17.9 Å². The highest BCUT2D eigenvalue weighted by Crippen LogP contribution is 2.33. The Hall–Kier alpha value is -1.74. The quantitative estimate of drug-likeness (QED) is 0.794. The van der Waals surface area contributed by atoms with Crippen LogP contribution in [0.25, 0.3) is 0 Å². The molecule has 0 aliphatic carbocycles. The summed E-state index contributed by atoms with van der Waals surface area (Å²) in [6.07, 6.45) is -3.65. The third kappa shape index (κ3) is 3.23. The van der Waals surface area contributed by atoms with Crippen LogP contribution in [0.15, 0.2) is 18.2 Å². The number of anilines is 1. The average Bonchev–Trinajstić information content (AvgIpc) is 2.61. The molecule has 0 N–H and O–H groups in total. The Morgan fingerprint density at radius 3 is 2.80 bits per heavy atom. The lowest BCUT2D eigenvalue weighted by molar-refractivity contribution is -0.137. The zero-order valence-electron chi connectivity index (χ0n) is 11.1. The number of alkyl halides is 3. The number of hydrogen-bond acceptors (Lipinski definition) is 3. The molecular formula is C14H15F3N2O. The number of rotatable bonds is 1. The lowest BCUT2D eigenvalue weighted by atomic mass is 10.1. The largest absolute Gasteiger partial charge is 0.416 e. The van der Waals surface area contributed by atoms with Gasteiger partial charge >= 0.3 is 6.18 Å². The molecule has 20 heavy (non-hydrogen) atoms. The van der Waals surface area contributed by atoms with E-state index in [9.17, 15) is 13.2 Å². The van der Waals surface area contributed by atoms with Crippen LogP contribution in [0.3, 0.4) is 0 Å². The summed E-state index contributed by atoms with van der Waals surface area (Å²) in [5.74, 6) is 0. The average molecular weight is 284 g/mol. The Morgan fingerprint density at radius 1 is 1.40 bits per heavy atom. The summed E-state index contributed by atoms with van der Waals surface area (Å²) in [5.41, 5.74) is -0.205. The molecule has 0 radical (unpaired) electrons. The molecule has 0 amide bonds. The van der Waals surface area contributed by atoms with Crippen molar-refractivity contribution in [2.75, 3.05) is 24.6 Å². The van der Waals surface area contributed by atoms with E-state index in [1.54, 1.807) is 0 Å². The van der Waals surface area contributed by atoms with Gasteiger partial charge < -0.3 is 9.64 Å². The molecule has 1 aromatic rings. The van der Waals surface area contributed by atoms with Gasteiger partial charge in [-0.25, -0.2) is 0 Å². The van der Waals surface area contributed by atoms with Crippen LogP contribution in [0.1, 0.15) is 24.5 Å². The maximum absolute atomic E-state index is 12.7. The van der Waals surface area contributed by atoms with Crippen LogP contribution < -0.4 is 4.90 Å². The van der Waals surface area contributed by atoms with Crippen molar-refractivity contribution in [3.63, 3.8) is 0 Å². The lowest BCUT2D eigenvalue weighted by Crippen LogP contribution is -2.30. The predicted molar refractivity (Wildman–Crippen MR) is 68.4 cm³/mol. The molecule has 1 unspecified atom stereocenters. The monoisotopic (exact) mass is 284 g/mol. The van der Waals surface area contributed by atoms with E-state index in [2.05, 4.69) is 0 Å². The third-order valence-corrected chi connectivity index (χ3v) is 3.24. The van der Waals surface area contributed by atoms with Gasteiger partial charge in [0.2, 0.25) is 0 Å². The minimum absolute atomic E-state index is 0.00802. The van der Waals surface area contributed by atoms with E-state index in [1.165, 1.54) is 6.07 Å². The summed E-state index contributed by atoms with van der Waals surface area (Å²) >= 11 is 0. The van der Waals surface area contributed by atoms with Crippen LogP contribution in [0.4, 0.5) is 18.9 Å². The third-order valence-electron chi connectivity index (χ3n) is 3.24. The van der Waals surface area contributed by atoms with Gasteiger partial charge in [0, 0.05) is 19.7 Å². The van der Waals surface area contributed by atoms with Crippen molar-refractivity contribution in [3.05, 3.63) is 29.3 Å². The highest BCUT2D eigenvalue weighted by Gasteiger charge is 2.31. The maximum atomic E-state index is 12.7. The van der Waals surface area contributed by atoms with E-state index in [4.69, 9.17) is 10.00 Å². The van der Waals surface area contributed by atoms with Crippen molar-refractivity contribution >= 4 is 5.69 Å². The predicted octanol–water partition coefficient (Wildman–Crippen LogP) is 3.19. The van der Waals surface area contributed by atoms with E-state index in [0.29, 0.717) is 25.4 Å². The number of benzene rings is 1. The van der Waals surface area contributed by atoms with Crippen molar-refractivity contribution < 1.29 is 17.9 Å². The molecular weight excluding hydrogens is 269 g/mol. The number of hydrogen-bond donors (Lipinski definition) is 0. The molecule has 0 spiro atoms. The Morgan fingerprint density at radius 2 is 2.15 bits per heavy atom. The van der Waals surface area contributed by atoms with Crippen molar-refractivity contribution in [3.8, 4) is 6.07 Å². The fraction of sp³-hybridized carbons (Fsp3) is 0.500. The summed E-state index contributed by atoms with van der Waals surface area (Å²) in [5, 5.41) is 9.10. The van der Waals surface area contributed by atoms with Gasteiger partial charge in [0.15, 0.2) is 0 Å². The minimum Gasteiger partial charge on any atom is -0.377 e. The second-order valence-electron chi connectivity index (χ2n) is 4.82. The number of nitriles is 1. The summed E-state index contributed by atoms with van der Waals surface area (Å²) in [7, 11) is 0. The number of ether oxygens (including phenoxy) is 1. The highest BCUT2D eigenvalue weighted by atomic mass is 19.4. The van der Waals surface area contributed by atoms with Crippen LogP contribution in [-0.4, -0.2) is 25.8 Å². The topological polar surface area (TPSA) is 36.3 Å². The molecule has 0 bridgehead atoms. The van der Waals surface area contributed by atoms with E-state index >= 15 is 0 Å². The fourth-order valence-electron chi connectivity index (χ4n) is 2.29. The van der Waals surface area contributed by atoms with Crippen LogP contribution in [0, 0.1) is 11.3 Å². The molecule has 2 rings (SSSR count). The molecule has 1 atom stereocenters. The van der Waals surface area contributed by atoms with Gasteiger partial charge in [-0.2, -0.15) is 18.4 Å². The van der Waals surface area contributed by atoms with Gasteiger partial charge in [-0.1, -0.05) is 0 Å². The van der Waals surface area contributed by atoms with Gasteiger partial charge in [0.25, 0.3) is 0 Å². The molecule has 1 aliphatic rings. The zero-order valence-corrected chi connectivity index (χ0v) is 11.1. The van der Waals surface area contributed by atoms with Gasteiger partial charge in [0.05, 0.1) is 22.9 Å². The summed E-state index contributed by atoms with van der Waals surface area (Å²) in [6.45, 7) is 3.78. The summed E-state index contributed by atoms with van der Waals surface area (Å²) in [4.78, 5) is 1.91. The zero-order chi connectivity index (χ0) is 14.8. The molecule has 0 aromatic heterocycles. The Labute approximate surface area is 115 Å².